The highest BCUT2D eigenvalue weighted by molar-refractivity contribution is 5.97. The van der Waals surface area contributed by atoms with Gasteiger partial charge in [-0.2, -0.15) is 0 Å². The molecule has 0 aliphatic heterocycles. The van der Waals surface area contributed by atoms with Gasteiger partial charge in [0.05, 0.1) is 18.4 Å². The van der Waals surface area contributed by atoms with Crippen LogP contribution in [-0.4, -0.2) is 29.3 Å². The number of amides is 2. The third-order valence-electron chi connectivity index (χ3n) is 3.38. The van der Waals surface area contributed by atoms with Crippen molar-refractivity contribution < 1.29 is 18.4 Å². The first kappa shape index (κ1) is 17.3. The van der Waals surface area contributed by atoms with Crippen molar-refractivity contribution in [1.82, 2.24) is 10.2 Å². The molecule has 1 atom stereocenters. The summed E-state index contributed by atoms with van der Waals surface area (Å²) in [5.41, 5.74) is 1.07. The van der Waals surface area contributed by atoms with Crippen molar-refractivity contribution in [2.24, 2.45) is 0 Å². The van der Waals surface area contributed by atoms with E-state index in [9.17, 15) is 14.0 Å². The largest absolute Gasteiger partial charge is 0.472 e. The molecule has 2 rings (SSSR count). The average Bonchev–Trinajstić information content (AvgIpc) is 3.10. The Morgan fingerprint density at radius 1 is 1.33 bits per heavy atom. The van der Waals surface area contributed by atoms with Gasteiger partial charge < -0.3 is 14.6 Å². The molecule has 0 saturated heterocycles. The van der Waals surface area contributed by atoms with E-state index in [1.807, 2.05) is 0 Å². The summed E-state index contributed by atoms with van der Waals surface area (Å²) in [5.74, 6) is 1.33. The minimum Gasteiger partial charge on any atom is -0.472 e. The molecule has 24 heavy (non-hydrogen) atoms. The van der Waals surface area contributed by atoms with Crippen molar-refractivity contribution in [3.05, 3.63) is 59.8 Å². The molecule has 5 nitrogen and oxygen atoms in total. The van der Waals surface area contributed by atoms with Crippen molar-refractivity contribution in [2.45, 2.75) is 19.5 Å². The van der Waals surface area contributed by atoms with Crippen molar-refractivity contribution in [3.63, 3.8) is 0 Å². The summed E-state index contributed by atoms with van der Waals surface area (Å²) < 4.78 is 17.8. The Labute approximate surface area is 139 Å². The molecule has 0 spiro atoms. The van der Waals surface area contributed by atoms with E-state index in [1.165, 1.54) is 35.6 Å². The second-order valence-electron chi connectivity index (χ2n) is 5.23. The first-order valence-electron chi connectivity index (χ1n) is 7.31. The lowest BCUT2D eigenvalue weighted by atomic mass is 10.2. The summed E-state index contributed by atoms with van der Waals surface area (Å²) in [6.07, 6.45) is 7.99. The zero-order valence-corrected chi connectivity index (χ0v) is 13.2. The molecule has 2 aromatic rings. The number of furan rings is 1. The molecule has 2 amide bonds. The smallest absolute Gasteiger partial charge is 0.255 e. The van der Waals surface area contributed by atoms with Crippen molar-refractivity contribution in [1.29, 1.82) is 0 Å². The van der Waals surface area contributed by atoms with Gasteiger partial charge in [0.25, 0.3) is 5.91 Å². The molecule has 1 N–H and O–H groups in total. The zero-order valence-electron chi connectivity index (χ0n) is 13.2. The van der Waals surface area contributed by atoms with E-state index in [0.29, 0.717) is 5.56 Å². The van der Waals surface area contributed by atoms with Crippen LogP contribution in [0.1, 0.15) is 22.8 Å². The molecule has 6 heteroatoms. The Morgan fingerprint density at radius 3 is 2.62 bits per heavy atom. The summed E-state index contributed by atoms with van der Waals surface area (Å²) in [5, 5.41) is 2.60. The van der Waals surface area contributed by atoms with Gasteiger partial charge in [-0.05, 0) is 30.7 Å². The summed E-state index contributed by atoms with van der Waals surface area (Å²) in [7, 11) is 0. The van der Waals surface area contributed by atoms with E-state index in [4.69, 9.17) is 10.8 Å². The molecule has 0 saturated carbocycles. The summed E-state index contributed by atoms with van der Waals surface area (Å²) in [4.78, 5) is 25.9. The van der Waals surface area contributed by atoms with Gasteiger partial charge in [0.15, 0.2) is 0 Å². The lowest BCUT2D eigenvalue weighted by Gasteiger charge is -2.24. The first-order chi connectivity index (χ1) is 11.5. The Kier molecular flexibility index (Phi) is 5.74. The summed E-state index contributed by atoms with van der Waals surface area (Å²) in [6.45, 7) is 1.89. The summed E-state index contributed by atoms with van der Waals surface area (Å²) >= 11 is 0. The van der Waals surface area contributed by atoms with Crippen molar-refractivity contribution >= 4 is 11.8 Å². The highest BCUT2D eigenvalue weighted by Crippen LogP contribution is 2.08. The Morgan fingerprint density at radius 2 is 2.04 bits per heavy atom. The highest BCUT2D eigenvalue weighted by atomic mass is 19.1. The third-order valence-corrected chi connectivity index (χ3v) is 3.38. The predicted octanol–water partition coefficient (Wildman–Crippen LogP) is 2.20. The van der Waals surface area contributed by atoms with E-state index in [2.05, 4.69) is 11.2 Å². The zero-order chi connectivity index (χ0) is 17.5. The number of benzene rings is 1. The van der Waals surface area contributed by atoms with Gasteiger partial charge in [0.1, 0.15) is 18.1 Å². The normalized spacial score (nSPS) is 11.4. The first-order valence-corrected chi connectivity index (χ1v) is 7.31. The molecule has 1 aromatic heterocycles. The quantitative estimate of drug-likeness (QED) is 0.827. The number of carbonyl (C=O) groups is 2. The van der Waals surface area contributed by atoms with Crippen LogP contribution >= 0.6 is 0 Å². The molecule has 0 unspecified atom stereocenters. The maximum absolute atomic E-state index is 13.0. The molecule has 0 bridgehead atoms. The number of terminal acetylenes is 1. The van der Waals surface area contributed by atoms with Crippen LogP contribution in [0.3, 0.4) is 0 Å². The van der Waals surface area contributed by atoms with E-state index in [-0.39, 0.29) is 24.8 Å². The average molecular weight is 328 g/mol. The van der Waals surface area contributed by atoms with E-state index < -0.39 is 11.9 Å². The van der Waals surface area contributed by atoms with Crippen LogP contribution in [0.15, 0.2) is 47.3 Å². The standard InChI is InChI=1S/C18H17FN2O3/c1-3-9-21(11-14-4-6-16(19)7-5-14)18(23)13(2)20-17(22)15-8-10-24-12-15/h1,4-8,10,12-13H,9,11H2,2H3,(H,20,22)/t13-/m1/s1. The molecule has 0 fully saturated rings. The molecule has 1 heterocycles. The molecule has 0 aliphatic carbocycles. The van der Waals surface area contributed by atoms with E-state index >= 15 is 0 Å². The van der Waals surface area contributed by atoms with Crippen LogP contribution in [0, 0.1) is 18.2 Å². The minimum absolute atomic E-state index is 0.0854. The van der Waals surface area contributed by atoms with Gasteiger partial charge in [0, 0.05) is 6.54 Å². The Balaban J connectivity index is 2.03. The predicted molar refractivity (Wildman–Crippen MR) is 86.3 cm³/mol. The van der Waals surface area contributed by atoms with E-state index in [1.54, 1.807) is 19.1 Å². The minimum atomic E-state index is -0.763. The SMILES string of the molecule is C#CCN(Cc1ccc(F)cc1)C(=O)[C@@H](C)NC(=O)c1ccoc1. The lowest BCUT2D eigenvalue weighted by molar-refractivity contribution is -0.132. The van der Waals surface area contributed by atoms with Crippen LogP contribution in [0.5, 0.6) is 0 Å². The van der Waals surface area contributed by atoms with Gasteiger partial charge in [-0.1, -0.05) is 18.1 Å². The number of rotatable bonds is 6. The second-order valence-corrected chi connectivity index (χ2v) is 5.23. The van der Waals surface area contributed by atoms with Gasteiger partial charge in [-0.3, -0.25) is 9.59 Å². The fourth-order valence-corrected chi connectivity index (χ4v) is 2.14. The van der Waals surface area contributed by atoms with Crippen LogP contribution in [0.25, 0.3) is 0 Å². The Bertz CT molecular complexity index is 733. The Hall–Kier alpha value is -3.07. The number of hydrogen-bond donors (Lipinski definition) is 1. The van der Waals surface area contributed by atoms with E-state index in [0.717, 1.165) is 5.56 Å². The summed E-state index contributed by atoms with van der Waals surface area (Å²) in [6, 6.07) is 6.54. The fraction of sp³-hybridized carbons (Fsp3) is 0.222. The van der Waals surface area contributed by atoms with Gasteiger partial charge in [-0.15, -0.1) is 6.42 Å². The van der Waals surface area contributed by atoms with Crippen molar-refractivity contribution in [2.75, 3.05) is 6.54 Å². The van der Waals surface area contributed by atoms with Crippen LogP contribution in [0.2, 0.25) is 0 Å². The number of halogens is 1. The lowest BCUT2D eigenvalue weighted by Crippen LogP contribution is -2.46. The maximum Gasteiger partial charge on any atom is 0.255 e. The third kappa shape index (κ3) is 4.46. The van der Waals surface area contributed by atoms with Gasteiger partial charge in [-0.25, -0.2) is 4.39 Å². The molecule has 0 aliphatic rings. The molecule has 0 radical (unpaired) electrons. The van der Waals surface area contributed by atoms with Crippen molar-refractivity contribution in [3.8, 4) is 12.3 Å². The second kappa shape index (κ2) is 7.97. The number of nitrogens with one attached hydrogen (secondary N) is 1. The molecule has 1 aromatic carbocycles. The highest BCUT2D eigenvalue weighted by Gasteiger charge is 2.22. The van der Waals surface area contributed by atoms with Crippen LogP contribution in [-0.2, 0) is 11.3 Å². The number of carbonyl (C=O) groups excluding carboxylic acids is 2. The van der Waals surface area contributed by atoms with Gasteiger partial charge in [0.2, 0.25) is 5.91 Å². The monoisotopic (exact) mass is 328 g/mol. The number of nitrogens with zero attached hydrogens (tertiary/aromatic N) is 1. The topological polar surface area (TPSA) is 62.6 Å². The molecular formula is C18H17FN2O3. The molecular weight excluding hydrogens is 311 g/mol. The van der Waals surface area contributed by atoms with Gasteiger partial charge >= 0.3 is 0 Å². The van der Waals surface area contributed by atoms with Crippen LogP contribution in [0.4, 0.5) is 4.39 Å². The molecule has 124 valence electrons. The maximum atomic E-state index is 13.0. The number of hydrogen-bond acceptors (Lipinski definition) is 3. The van der Waals surface area contributed by atoms with Crippen LogP contribution < -0.4 is 5.32 Å². The fourth-order valence-electron chi connectivity index (χ4n) is 2.14.